The molecule has 0 radical (unpaired) electrons. The third kappa shape index (κ3) is 4.47. The Morgan fingerprint density at radius 1 is 1.07 bits per heavy atom. The third-order valence-electron chi connectivity index (χ3n) is 5.28. The highest BCUT2D eigenvalue weighted by atomic mass is 79.9. The minimum atomic E-state index is -0.507. The Balaban J connectivity index is 1.91. The SMILES string of the molecule is CC(C)(C)c1ccc(CC(C(=O)c2ccc(Br)cc2)C2(C)C=CC=N2)cc1. The molecule has 0 bridgehead atoms. The Morgan fingerprint density at radius 3 is 2.22 bits per heavy atom. The molecule has 1 heterocycles. The molecule has 2 atom stereocenters. The number of carbonyl (C=O) groups excluding carboxylic acids is 1. The van der Waals surface area contributed by atoms with E-state index in [1.54, 1.807) is 6.21 Å². The van der Waals surface area contributed by atoms with Crippen LogP contribution in [0, 0.1) is 5.92 Å². The quantitative estimate of drug-likeness (QED) is 0.527. The van der Waals surface area contributed by atoms with E-state index in [1.807, 2.05) is 43.3 Å². The van der Waals surface area contributed by atoms with Crippen LogP contribution in [0.25, 0.3) is 0 Å². The minimum Gasteiger partial charge on any atom is -0.294 e. The number of carbonyl (C=O) groups is 1. The molecule has 1 aliphatic rings. The first kappa shape index (κ1) is 19.8. The molecule has 140 valence electrons. The zero-order chi connectivity index (χ0) is 19.7. The lowest BCUT2D eigenvalue weighted by molar-refractivity contribution is 0.0882. The van der Waals surface area contributed by atoms with Crippen LogP contribution in [0.4, 0.5) is 0 Å². The molecule has 2 aromatic rings. The predicted molar refractivity (Wildman–Crippen MR) is 117 cm³/mol. The number of nitrogens with zero attached hydrogens (tertiary/aromatic N) is 1. The van der Waals surface area contributed by atoms with Crippen LogP contribution in [0.5, 0.6) is 0 Å². The second-order valence-electron chi connectivity index (χ2n) is 8.44. The first-order valence-electron chi connectivity index (χ1n) is 9.31. The number of Topliss-reactive ketones (excluding diaryl/α,β-unsaturated/α-hetero) is 1. The van der Waals surface area contributed by atoms with E-state index < -0.39 is 5.54 Å². The van der Waals surface area contributed by atoms with Crippen LogP contribution in [-0.4, -0.2) is 17.5 Å². The van der Waals surface area contributed by atoms with Gasteiger partial charge < -0.3 is 0 Å². The molecule has 0 saturated carbocycles. The highest BCUT2D eigenvalue weighted by molar-refractivity contribution is 9.10. The maximum absolute atomic E-state index is 13.4. The fourth-order valence-corrected chi connectivity index (χ4v) is 3.71. The lowest BCUT2D eigenvalue weighted by Crippen LogP contribution is -2.37. The van der Waals surface area contributed by atoms with E-state index in [4.69, 9.17) is 0 Å². The molecule has 0 saturated heterocycles. The van der Waals surface area contributed by atoms with E-state index in [0.717, 1.165) is 15.6 Å². The molecule has 0 spiro atoms. The van der Waals surface area contributed by atoms with Gasteiger partial charge in [-0.25, -0.2) is 0 Å². The molecule has 1 aliphatic heterocycles. The number of halogens is 1. The van der Waals surface area contributed by atoms with Gasteiger partial charge in [0, 0.05) is 16.3 Å². The summed E-state index contributed by atoms with van der Waals surface area (Å²) in [6, 6.07) is 16.2. The fourth-order valence-electron chi connectivity index (χ4n) is 3.45. The Bertz CT molecular complexity index is 858. The van der Waals surface area contributed by atoms with Gasteiger partial charge in [-0.3, -0.25) is 9.79 Å². The summed E-state index contributed by atoms with van der Waals surface area (Å²) in [5, 5.41) is 0. The highest BCUT2D eigenvalue weighted by Gasteiger charge is 2.38. The molecule has 0 amide bonds. The molecule has 3 rings (SSSR count). The van der Waals surface area contributed by atoms with Crippen LogP contribution < -0.4 is 0 Å². The molecular formula is C24H26BrNO. The zero-order valence-electron chi connectivity index (χ0n) is 16.4. The summed E-state index contributed by atoms with van der Waals surface area (Å²) in [5.41, 5.74) is 2.80. The molecule has 3 heteroatoms. The Morgan fingerprint density at radius 2 is 1.70 bits per heavy atom. The monoisotopic (exact) mass is 423 g/mol. The van der Waals surface area contributed by atoms with Gasteiger partial charge in [-0.15, -0.1) is 0 Å². The molecule has 0 N–H and O–H groups in total. The second-order valence-corrected chi connectivity index (χ2v) is 9.35. The van der Waals surface area contributed by atoms with Crippen molar-refractivity contribution in [2.45, 2.75) is 45.1 Å². The summed E-state index contributed by atoms with van der Waals surface area (Å²) in [4.78, 5) is 18.0. The number of rotatable bonds is 5. The van der Waals surface area contributed by atoms with Crippen LogP contribution in [0.15, 0.2) is 70.1 Å². The maximum atomic E-state index is 13.4. The maximum Gasteiger partial charge on any atom is 0.169 e. The Labute approximate surface area is 170 Å². The van der Waals surface area contributed by atoms with Crippen LogP contribution in [0.2, 0.25) is 0 Å². The van der Waals surface area contributed by atoms with Crippen LogP contribution in [-0.2, 0) is 11.8 Å². The van der Waals surface area contributed by atoms with Gasteiger partial charge in [-0.05, 0) is 48.1 Å². The number of hydrogen-bond acceptors (Lipinski definition) is 2. The van der Waals surface area contributed by atoms with Crippen molar-refractivity contribution < 1.29 is 4.79 Å². The van der Waals surface area contributed by atoms with E-state index in [-0.39, 0.29) is 17.1 Å². The van der Waals surface area contributed by atoms with Gasteiger partial charge in [-0.2, -0.15) is 0 Å². The zero-order valence-corrected chi connectivity index (χ0v) is 18.0. The summed E-state index contributed by atoms with van der Waals surface area (Å²) >= 11 is 3.44. The van der Waals surface area contributed by atoms with Crippen molar-refractivity contribution in [2.24, 2.45) is 10.9 Å². The van der Waals surface area contributed by atoms with E-state index in [0.29, 0.717) is 6.42 Å². The van der Waals surface area contributed by atoms with E-state index in [9.17, 15) is 4.79 Å². The van der Waals surface area contributed by atoms with Crippen molar-refractivity contribution >= 4 is 27.9 Å². The first-order chi connectivity index (χ1) is 12.7. The second kappa shape index (κ2) is 7.55. The van der Waals surface area contributed by atoms with Crippen molar-refractivity contribution in [1.82, 2.24) is 0 Å². The molecule has 0 aromatic heterocycles. The summed E-state index contributed by atoms with van der Waals surface area (Å²) < 4.78 is 0.971. The van der Waals surface area contributed by atoms with Crippen LogP contribution in [0.3, 0.4) is 0 Å². The van der Waals surface area contributed by atoms with Gasteiger partial charge in [0.15, 0.2) is 5.78 Å². The highest BCUT2D eigenvalue weighted by Crippen LogP contribution is 2.33. The van der Waals surface area contributed by atoms with Crippen LogP contribution in [0.1, 0.15) is 49.2 Å². The first-order valence-corrected chi connectivity index (χ1v) is 10.1. The number of aliphatic imine (C=N–C) groups is 1. The molecule has 2 nitrogen and oxygen atoms in total. The van der Waals surface area contributed by atoms with E-state index in [1.165, 1.54) is 5.56 Å². The predicted octanol–water partition coefficient (Wildman–Crippen LogP) is 6.19. The molecule has 0 aliphatic carbocycles. The van der Waals surface area contributed by atoms with Crippen molar-refractivity contribution in [3.8, 4) is 0 Å². The molecule has 2 aromatic carbocycles. The van der Waals surface area contributed by atoms with Crippen molar-refractivity contribution in [1.29, 1.82) is 0 Å². The summed E-state index contributed by atoms with van der Waals surface area (Å²) in [7, 11) is 0. The number of ketones is 1. The molecule has 27 heavy (non-hydrogen) atoms. The standard InChI is InChI=1S/C24H26BrNO/c1-23(2,3)19-10-6-17(7-11-19)16-21(24(4)14-5-15-26-24)22(27)18-8-12-20(25)13-9-18/h5-15,21H,16H2,1-4H3. The molecular weight excluding hydrogens is 398 g/mol. The van der Waals surface area contributed by atoms with E-state index >= 15 is 0 Å². The fraction of sp³-hybridized carbons (Fsp3) is 0.333. The minimum absolute atomic E-state index is 0.121. The average molecular weight is 424 g/mol. The van der Waals surface area contributed by atoms with Crippen LogP contribution >= 0.6 is 15.9 Å². The number of hydrogen-bond donors (Lipinski definition) is 0. The van der Waals surface area contributed by atoms with Gasteiger partial charge in [0.25, 0.3) is 0 Å². The average Bonchev–Trinajstić information content (AvgIpc) is 3.07. The number of benzene rings is 2. The lowest BCUT2D eigenvalue weighted by atomic mass is 9.77. The topological polar surface area (TPSA) is 29.4 Å². The lowest BCUT2D eigenvalue weighted by Gasteiger charge is -2.29. The summed E-state index contributed by atoms with van der Waals surface area (Å²) in [6.45, 7) is 8.67. The van der Waals surface area contributed by atoms with Gasteiger partial charge in [-0.1, -0.05) is 79.2 Å². The normalized spacial score (nSPS) is 20.0. The molecule has 0 fully saturated rings. The van der Waals surface area contributed by atoms with Gasteiger partial charge in [0.2, 0.25) is 0 Å². The number of allylic oxidation sites excluding steroid dienone is 1. The van der Waals surface area contributed by atoms with Gasteiger partial charge in [0.1, 0.15) is 0 Å². The van der Waals surface area contributed by atoms with Crippen molar-refractivity contribution in [3.63, 3.8) is 0 Å². The third-order valence-corrected chi connectivity index (χ3v) is 5.81. The van der Waals surface area contributed by atoms with Gasteiger partial charge in [0.05, 0.1) is 11.5 Å². The van der Waals surface area contributed by atoms with Crippen molar-refractivity contribution in [2.75, 3.05) is 0 Å². The van der Waals surface area contributed by atoms with E-state index in [2.05, 4.69) is 66.0 Å². The smallest absolute Gasteiger partial charge is 0.169 e. The summed E-state index contributed by atoms with van der Waals surface area (Å²) in [6.07, 6.45) is 6.44. The Kier molecular flexibility index (Phi) is 5.53. The van der Waals surface area contributed by atoms with Crippen molar-refractivity contribution in [3.05, 3.63) is 81.8 Å². The largest absolute Gasteiger partial charge is 0.294 e. The Hall–Kier alpha value is -2.00. The summed E-state index contributed by atoms with van der Waals surface area (Å²) in [5.74, 6) is -0.109. The molecule has 2 unspecified atom stereocenters. The van der Waals surface area contributed by atoms with Gasteiger partial charge >= 0.3 is 0 Å².